The van der Waals surface area contributed by atoms with Crippen LogP contribution in [0, 0.1) is 6.92 Å². The van der Waals surface area contributed by atoms with Gasteiger partial charge in [-0.3, -0.25) is 9.78 Å². The molecule has 0 radical (unpaired) electrons. The molecule has 1 amide bonds. The summed E-state index contributed by atoms with van der Waals surface area (Å²) in [6.45, 7) is 4.62. The number of pyridine rings is 1. The van der Waals surface area contributed by atoms with Gasteiger partial charge in [0.15, 0.2) is 0 Å². The Morgan fingerprint density at radius 2 is 2.05 bits per heavy atom. The Morgan fingerprint density at radius 1 is 1.24 bits per heavy atom. The van der Waals surface area contributed by atoms with Gasteiger partial charge in [0.1, 0.15) is 0 Å². The minimum Gasteiger partial charge on any atom is -0.354 e. The van der Waals surface area contributed by atoms with Crippen molar-refractivity contribution in [3.63, 3.8) is 0 Å². The first-order valence-electron chi connectivity index (χ1n) is 6.86. The number of hydrogen-bond donors (Lipinski definition) is 2. The molecular formula is C16H18ClN3O. The van der Waals surface area contributed by atoms with Crippen LogP contribution in [0.3, 0.4) is 0 Å². The highest BCUT2D eigenvalue weighted by Gasteiger charge is 2.06. The molecule has 0 unspecified atom stereocenters. The molecular weight excluding hydrogens is 286 g/mol. The van der Waals surface area contributed by atoms with Crippen molar-refractivity contribution in [2.75, 3.05) is 11.9 Å². The van der Waals surface area contributed by atoms with Crippen molar-refractivity contribution in [1.29, 1.82) is 0 Å². The van der Waals surface area contributed by atoms with Crippen LogP contribution in [0.25, 0.3) is 0 Å². The summed E-state index contributed by atoms with van der Waals surface area (Å²) in [7, 11) is 0. The number of hydrogen-bond acceptors (Lipinski definition) is 3. The second kappa shape index (κ2) is 7.09. The number of amides is 1. The summed E-state index contributed by atoms with van der Waals surface area (Å²) in [5.41, 5.74) is 3.16. The van der Waals surface area contributed by atoms with Crippen molar-refractivity contribution in [3.05, 3.63) is 52.8 Å². The van der Waals surface area contributed by atoms with Gasteiger partial charge >= 0.3 is 0 Å². The molecule has 2 N–H and O–H groups in total. The number of anilines is 2. The first kappa shape index (κ1) is 15.3. The minimum atomic E-state index is -0.116. The molecule has 0 aliphatic heterocycles. The van der Waals surface area contributed by atoms with E-state index in [4.69, 9.17) is 11.6 Å². The quantitative estimate of drug-likeness (QED) is 0.880. The zero-order valence-corrected chi connectivity index (χ0v) is 12.9. The fourth-order valence-corrected chi connectivity index (χ4v) is 1.99. The van der Waals surface area contributed by atoms with Gasteiger partial charge in [-0.05, 0) is 37.1 Å². The maximum absolute atomic E-state index is 11.9. The van der Waals surface area contributed by atoms with Gasteiger partial charge in [0.05, 0.1) is 17.4 Å². The van der Waals surface area contributed by atoms with E-state index in [9.17, 15) is 4.79 Å². The molecule has 0 atom stereocenters. The lowest BCUT2D eigenvalue weighted by Gasteiger charge is -2.09. The first-order chi connectivity index (χ1) is 10.1. The van der Waals surface area contributed by atoms with Crippen LogP contribution in [0.2, 0.25) is 5.02 Å². The minimum absolute atomic E-state index is 0.116. The first-order valence-corrected chi connectivity index (χ1v) is 7.24. The molecule has 4 nitrogen and oxygen atoms in total. The highest BCUT2D eigenvalue weighted by molar-refractivity contribution is 6.31. The maximum atomic E-state index is 11.9. The molecule has 21 heavy (non-hydrogen) atoms. The smallest absolute Gasteiger partial charge is 0.252 e. The van der Waals surface area contributed by atoms with Gasteiger partial charge in [-0.2, -0.15) is 0 Å². The Bertz CT molecular complexity index is 643. The molecule has 110 valence electrons. The largest absolute Gasteiger partial charge is 0.354 e. The van der Waals surface area contributed by atoms with Crippen LogP contribution in [0.4, 0.5) is 11.4 Å². The van der Waals surface area contributed by atoms with Crippen LogP contribution in [0.15, 0.2) is 36.7 Å². The summed E-state index contributed by atoms with van der Waals surface area (Å²) < 4.78 is 0. The highest BCUT2D eigenvalue weighted by Crippen LogP contribution is 2.23. The number of aromatic nitrogens is 1. The van der Waals surface area contributed by atoms with Gasteiger partial charge < -0.3 is 10.6 Å². The third kappa shape index (κ3) is 4.20. The molecule has 2 aromatic rings. The monoisotopic (exact) mass is 303 g/mol. The standard InChI is InChI=1S/C16H18ClN3O/c1-3-6-19-16(21)12-7-14(10-18-9-12)20-13-5-4-11(2)15(17)8-13/h4-5,7-10,20H,3,6H2,1-2H3,(H,19,21). The second-order valence-electron chi connectivity index (χ2n) is 4.81. The molecule has 0 spiro atoms. The van der Waals surface area contributed by atoms with Crippen LogP contribution in [0.5, 0.6) is 0 Å². The number of carbonyl (C=O) groups is 1. The summed E-state index contributed by atoms with van der Waals surface area (Å²) in [6, 6.07) is 7.49. The molecule has 0 aliphatic carbocycles. The van der Waals surface area contributed by atoms with E-state index in [0.29, 0.717) is 17.1 Å². The summed E-state index contributed by atoms with van der Waals surface area (Å²) in [6.07, 6.45) is 4.13. The number of carbonyl (C=O) groups excluding carboxylic acids is 1. The number of halogens is 1. The van der Waals surface area contributed by atoms with Crippen LogP contribution in [-0.2, 0) is 0 Å². The molecule has 0 saturated heterocycles. The Kier molecular flexibility index (Phi) is 5.17. The van der Waals surface area contributed by atoms with Crippen molar-refractivity contribution in [1.82, 2.24) is 10.3 Å². The fraction of sp³-hybridized carbons (Fsp3) is 0.250. The molecule has 5 heteroatoms. The average molecular weight is 304 g/mol. The summed E-state index contributed by atoms with van der Waals surface area (Å²) in [5.74, 6) is -0.116. The van der Waals surface area contributed by atoms with Crippen LogP contribution < -0.4 is 10.6 Å². The second-order valence-corrected chi connectivity index (χ2v) is 5.21. The van der Waals surface area contributed by atoms with Crippen molar-refractivity contribution >= 4 is 28.9 Å². The number of benzene rings is 1. The molecule has 0 bridgehead atoms. The van der Waals surface area contributed by atoms with Gasteiger partial charge in [-0.15, -0.1) is 0 Å². The van der Waals surface area contributed by atoms with E-state index in [1.165, 1.54) is 0 Å². The molecule has 0 fully saturated rings. The van der Waals surface area contributed by atoms with Crippen LogP contribution in [0.1, 0.15) is 29.3 Å². The van der Waals surface area contributed by atoms with E-state index in [2.05, 4.69) is 15.6 Å². The lowest BCUT2D eigenvalue weighted by molar-refractivity contribution is 0.0953. The number of nitrogens with zero attached hydrogens (tertiary/aromatic N) is 1. The molecule has 0 aliphatic rings. The third-order valence-electron chi connectivity index (χ3n) is 3.00. The Hall–Kier alpha value is -2.07. The van der Waals surface area contributed by atoms with Crippen LogP contribution >= 0.6 is 11.6 Å². The topological polar surface area (TPSA) is 54.0 Å². The van der Waals surface area contributed by atoms with Crippen LogP contribution in [-0.4, -0.2) is 17.4 Å². The van der Waals surface area contributed by atoms with E-state index in [1.54, 1.807) is 18.5 Å². The number of aryl methyl sites for hydroxylation is 1. The van der Waals surface area contributed by atoms with Crippen molar-refractivity contribution in [2.24, 2.45) is 0 Å². The molecule has 0 saturated carbocycles. The van der Waals surface area contributed by atoms with Gasteiger partial charge in [0.25, 0.3) is 5.91 Å². The SMILES string of the molecule is CCCNC(=O)c1cncc(Nc2ccc(C)c(Cl)c2)c1. The van der Waals surface area contributed by atoms with Gasteiger partial charge in [-0.1, -0.05) is 24.6 Å². The molecule has 1 heterocycles. The number of nitrogens with one attached hydrogen (secondary N) is 2. The van der Waals surface area contributed by atoms with E-state index in [1.807, 2.05) is 32.0 Å². The zero-order chi connectivity index (χ0) is 15.2. The predicted molar refractivity (Wildman–Crippen MR) is 86.3 cm³/mol. The maximum Gasteiger partial charge on any atom is 0.252 e. The average Bonchev–Trinajstić information content (AvgIpc) is 2.49. The fourth-order valence-electron chi connectivity index (χ4n) is 1.81. The summed E-state index contributed by atoms with van der Waals surface area (Å²) >= 11 is 6.10. The van der Waals surface area contributed by atoms with Gasteiger partial charge in [0, 0.05) is 23.5 Å². The third-order valence-corrected chi connectivity index (χ3v) is 3.40. The molecule has 1 aromatic carbocycles. The Balaban J connectivity index is 2.13. The van der Waals surface area contributed by atoms with E-state index in [0.717, 1.165) is 23.4 Å². The van der Waals surface area contributed by atoms with Crippen molar-refractivity contribution in [2.45, 2.75) is 20.3 Å². The lowest BCUT2D eigenvalue weighted by atomic mass is 10.2. The number of rotatable bonds is 5. The van der Waals surface area contributed by atoms with Crippen molar-refractivity contribution in [3.8, 4) is 0 Å². The molecule has 2 rings (SSSR count). The lowest BCUT2D eigenvalue weighted by Crippen LogP contribution is -2.24. The molecule has 1 aromatic heterocycles. The van der Waals surface area contributed by atoms with Crippen molar-refractivity contribution < 1.29 is 4.79 Å². The highest BCUT2D eigenvalue weighted by atomic mass is 35.5. The normalized spacial score (nSPS) is 10.2. The summed E-state index contributed by atoms with van der Waals surface area (Å²) in [4.78, 5) is 16.0. The van der Waals surface area contributed by atoms with Gasteiger partial charge in [0.2, 0.25) is 0 Å². The summed E-state index contributed by atoms with van der Waals surface area (Å²) in [5, 5.41) is 6.72. The van der Waals surface area contributed by atoms with Gasteiger partial charge in [-0.25, -0.2) is 0 Å². The van der Waals surface area contributed by atoms with E-state index >= 15 is 0 Å². The zero-order valence-electron chi connectivity index (χ0n) is 12.1. The van der Waals surface area contributed by atoms with E-state index < -0.39 is 0 Å². The van der Waals surface area contributed by atoms with E-state index in [-0.39, 0.29) is 5.91 Å². The predicted octanol–water partition coefficient (Wildman–Crippen LogP) is 3.93. The Morgan fingerprint density at radius 3 is 2.76 bits per heavy atom. The Labute approximate surface area is 129 Å².